The minimum absolute atomic E-state index is 0.206. The molecule has 0 saturated carbocycles. The first-order valence-electron chi connectivity index (χ1n) is 8.90. The molecule has 4 nitrogen and oxygen atoms in total. The van der Waals surface area contributed by atoms with Crippen LogP contribution in [0, 0.1) is 0 Å². The maximum Gasteiger partial charge on any atom is 0.256 e. The van der Waals surface area contributed by atoms with Gasteiger partial charge in [0, 0.05) is 26.2 Å². The van der Waals surface area contributed by atoms with Crippen LogP contribution < -0.4 is 5.32 Å². The molecule has 0 aliphatic carbocycles. The molecule has 3 aromatic carbocycles. The number of amides is 1. The van der Waals surface area contributed by atoms with Crippen LogP contribution in [0.15, 0.2) is 92.8 Å². The summed E-state index contributed by atoms with van der Waals surface area (Å²) in [4.78, 5) is 18.4. The first kappa shape index (κ1) is 19.5. The molecule has 0 aliphatic heterocycles. The zero-order chi connectivity index (χ0) is 20.2. The molecule has 4 rings (SSSR count). The van der Waals surface area contributed by atoms with Gasteiger partial charge in [0.05, 0.1) is 11.8 Å². The van der Waals surface area contributed by atoms with Crippen molar-refractivity contribution in [3.8, 4) is 22.8 Å². The lowest BCUT2D eigenvalue weighted by molar-refractivity contribution is 0.102. The van der Waals surface area contributed by atoms with Gasteiger partial charge in [-0.15, -0.1) is 11.8 Å². The molecule has 144 valence electrons. The Balaban J connectivity index is 1.63. The van der Waals surface area contributed by atoms with Crippen LogP contribution in [0.1, 0.15) is 10.4 Å². The van der Waals surface area contributed by atoms with Crippen molar-refractivity contribution in [2.24, 2.45) is 0 Å². The van der Waals surface area contributed by atoms with Crippen LogP contribution in [-0.2, 0) is 0 Å². The van der Waals surface area contributed by atoms with Gasteiger partial charge in [-0.2, -0.15) is 0 Å². The molecule has 0 bridgehead atoms. The Morgan fingerprint density at radius 1 is 1.03 bits per heavy atom. The van der Waals surface area contributed by atoms with Crippen LogP contribution in [0.2, 0.25) is 0 Å². The number of hydrogen-bond donors (Lipinski definition) is 1. The van der Waals surface area contributed by atoms with E-state index in [1.807, 2.05) is 73.0 Å². The van der Waals surface area contributed by atoms with Gasteiger partial charge in [-0.05, 0) is 48.7 Å². The van der Waals surface area contributed by atoms with Gasteiger partial charge in [-0.3, -0.25) is 4.79 Å². The Bertz CT molecular complexity index is 1160. The predicted octanol–water partition coefficient (Wildman–Crippen LogP) is 6.75. The Morgan fingerprint density at radius 2 is 1.83 bits per heavy atom. The highest BCUT2D eigenvalue weighted by atomic mass is 79.9. The lowest BCUT2D eigenvalue weighted by Gasteiger charge is -2.09. The van der Waals surface area contributed by atoms with E-state index >= 15 is 0 Å². The van der Waals surface area contributed by atoms with Crippen LogP contribution in [-0.4, -0.2) is 17.1 Å². The Hall–Kier alpha value is -2.83. The highest BCUT2D eigenvalue weighted by molar-refractivity contribution is 9.10. The van der Waals surface area contributed by atoms with Crippen molar-refractivity contribution in [2.45, 2.75) is 4.90 Å². The van der Waals surface area contributed by atoms with Gasteiger partial charge in [-0.25, -0.2) is 4.98 Å². The maximum absolute atomic E-state index is 12.9. The van der Waals surface area contributed by atoms with Gasteiger partial charge in [0.2, 0.25) is 5.89 Å². The molecule has 1 amide bonds. The summed E-state index contributed by atoms with van der Waals surface area (Å²) in [6.45, 7) is 0. The number of oxazole rings is 1. The third kappa shape index (κ3) is 4.44. The summed E-state index contributed by atoms with van der Waals surface area (Å²) in [6, 6.07) is 22.8. The molecule has 1 heterocycles. The fraction of sp³-hybridized carbons (Fsp3) is 0.0435. The summed E-state index contributed by atoms with van der Waals surface area (Å²) in [5, 5.41) is 2.96. The molecule has 0 spiro atoms. The van der Waals surface area contributed by atoms with Crippen LogP contribution in [0.25, 0.3) is 22.8 Å². The first-order chi connectivity index (χ1) is 14.1. The molecule has 1 aromatic heterocycles. The number of benzene rings is 3. The average Bonchev–Trinajstić information content (AvgIpc) is 3.24. The SMILES string of the molecule is CSc1cccc(NC(=O)c2ccccc2-c2ncc(-c3ccc(Br)cc3)o2)c1. The number of rotatable bonds is 5. The van der Waals surface area contributed by atoms with Crippen molar-refractivity contribution in [2.75, 3.05) is 11.6 Å². The monoisotopic (exact) mass is 464 g/mol. The second kappa shape index (κ2) is 8.68. The highest BCUT2D eigenvalue weighted by Crippen LogP contribution is 2.29. The summed E-state index contributed by atoms with van der Waals surface area (Å²) in [5.41, 5.74) is 2.82. The Morgan fingerprint density at radius 3 is 2.62 bits per heavy atom. The highest BCUT2D eigenvalue weighted by Gasteiger charge is 2.17. The molecular weight excluding hydrogens is 448 g/mol. The lowest BCUT2D eigenvalue weighted by Crippen LogP contribution is -2.13. The Kier molecular flexibility index (Phi) is 5.83. The van der Waals surface area contributed by atoms with E-state index in [-0.39, 0.29) is 5.91 Å². The van der Waals surface area contributed by atoms with Crippen molar-refractivity contribution in [1.29, 1.82) is 0 Å². The molecular formula is C23H17BrN2O2S. The molecule has 0 radical (unpaired) electrons. The van der Waals surface area contributed by atoms with Gasteiger partial charge in [0.15, 0.2) is 5.76 Å². The second-order valence-corrected chi connectivity index (χ2v) is 8.06. The number of thioether (sulfide) groups is 1. The molecule has 0 fully saturated rings. The predicted molar refractivity (Wildman–Crippen MR) is 121 cm³/mol. The van der Waals surface area contributed by atoms with Crippen molar-refractivity contribution >= 4 is 39.3 Å². The summed E-state index contributed by atoms with van der Waals surface area (Å²) >= 11 is 5.06. The van der Waals surface area contributed by atoms with Gasteiger partial charge in [0.1, 0.15) is 0 Å². The van der Waals surface area contributed by atoms with Crippen molar-refractivity contribution in [3.63, 3.8) is 0 Å². The number of carbonyl (C=O) groups is 1. The van der Waals surface area contributed by atoms with Crippen LogP contribution in [0.5, 0.6) is 0 Å². The summed E-state index contributed by atoms with van der Waals surface area (Å²) < 4.78 is 6.96. The maximum atomic E-state index is 12.9. The van der Waals surface area contributed by atoms with E-state index in [2.05, 4.69) is 26.2 Å². The van der Waals surface area contributed by atoms with Crippen molar-refractivity contribution in [1.82, 2.24) is 4.98 Å². The van der Waals surface area contributed by atoms with Crippen molar-refractivity contribution in [3.05, 3.63) is 89.0 Å². The molecule has 29 heavy (non-hydrogen) atoms. The zero-order valence-electron chi connectivity index (χ0n) is 15.6. The quantitative estimate of drug-likeness (QED) is 0.332. The van der Waals surface area contributed by atoms with Gasteiger partial charge < -0.3 is 9.73 Å². The molecule has 4 aromatic rings. The number of nitrogens with zero attached hydrogens (tertiary/aromatic N) is 1. The van der Waals surface area contributed by atoms with Crippen LogP contribution >= 0.6 is 27.7 Å². The van der Waals surface area contributed by atoms with E-state index in [0.717, 1.165) is 20.6 Å². The number of nitrogens with one attached hydrogen (secondary N) is 1. The van der Waals surface area contributed by atoms with Crippen LogP contribution in [0.3, 0.4) is 0 Å². The van der Waals surface area contributed by atoms with Crippen LogP contribution in [0.4, 0.5) is 5.69 Å². The smallest absolute Gasteiger partial charge is 0.256 e. The number of aromatic nitrogens is 1. The van der Waals surface area contributed by atoms with E-state index in [1.54, 1.807) is 24.0 Å². The van der Waals surface area contributed by atoms with E-state index < -0.39 is 0 Å². The van der Waals surface area contributed by atoms with Gasteiger partial charge in [-0.1, -0.05) is 46.3 Å². The molecule has 0 aliphatic rings. The standard InChI is InChI=1S/C23H17BrN2O2S/c1-29-18-6-4-5-17(13-18)26-22(27)19-7-2-3-8-20(19)23-25-14-21(28-23)15-9-11-16(24)12-10-15/h2-14H,1H3,(H,26,27). The first-order valence-corrected chi connectivity index (χ1v) is 10.9. The van der Waals surface area contributed by atoms with E-state index in [1.165, 1.54) is 0 Å². The molecule has 0 unspecified atom stereocenters. The number of anilines is 1. The van der Waals surface area contributed by atoms with Gasteiger partial charge >= 0.3 is 0 Å². The minimum atomic E-state index is -0.206. The molecule has 0 atom stereocenters. The Labute approximate surface area is 181 Å². The fourth-order valence-corrected chi connectivity index (χ4v) is 3.64. The van der Waals surface area contributed by atoms with E-state index in [9.17, 15) is 4.79 Å². The summed E-state index contributed by atoms with van der Waals surface area (Å²) in [5.74, 6) is 0.851. The number of carbonyl (C=O) groups excluding carboxylic acids is 1. The average molecular weight is 465 g/mol. The van der Waals surface area contributed by atoms with E-state index in [0.29, 0.717) is 22.8 Å². The van der Waals surface area contributed by atoms with E-state index in [4.69, 9.17) is 4.42 Å². The summed E-state index contributed by atoms with van der Waals surface area (Å²) in [6.07, 6.45) is 3.68. The third-order valence-corrected chi connectivity index (χ3v) is 5.62. The molecule has 0 saturated heterocycles. The zero-order valence-corrected chi connectivity index (χ0v) is 18.0. The lowest BCUT2D eigenvalue weighted by atomic mass is 10.1. The molecule has 1 N–H and O–H groups in total. The number of hydrogen-bond acceptors (Lipinski definition) is 4. The number of halogens is 1. The fourth-order valence-electron chi connectivity index (χ4n) is 2.91. The third-order valence-electron chi connectivity index (χ3n) is 4.36. The van der Waals surface area contributed by atoms with Gasteiger partial charge in [0.25, 0.3) is 5.91 Å². The van der Waals surface area contributed by atoms with Crippen molar-refractivity contribution < 1.29 is 9.21 Å². The second-order valence-electron chi connectivity index (χ2n) is 6.27. The topological polar surface area (TPSA) is 55.1 Å². The molecule has 6 heteroatoms. The minimum Gasteiger partial charge on any atom is -0.436 e. The largest absolute Gasteiger partial charge is 0.436 e. The summed E-state index contributed by atoms with van der Waals surface area (Å²) in [7, 11) is 0. The normalized spacial score (nSPS) is 10.7.